The Labute approximate surface area is 104 Å². The number of carboxylic acid groups (broad SMARTS) is 1. The van der Waals surface area contributed by atoms with Crippen LogP contribution in [0.5, 0.6) is 0 Å². The van der Waals surface area contributed by atoms with Gasteiger partial charge in [-0.3, -0.25) is 0 Å². The predicted molar refractivity (Wildman–Crippen MR) is 65.7 cm³/mol. The fourth-order valence-corrected chi connectivity index (χ4v) is 1.39. The minimum Gasteiger partial charge on any atom is -0.478 e. The summed E-state index contributed by atoms with van der Waals surface area (Å²) in [6.07, 6.45) is 0. The highest BCUT2D eigenvalue weighted by Gasteiger charge is 2.11. The maximum Gasteiger partial charge on any atom is 0.337 e. The lowest BCUT2D eigenvalue weighted by atomic mass is 10.2. The summed E-state index contributed by atoms with van der Waals surface area (Å²) in [6.45, 7) is 2.42. The van der Waals surface area contributed by atoms with Crippen LogP contribution in [0.4, 0.5) is 10.5 Å². The lowest BCUT2D eigenvalue weighted by molar-refractivity contribution is 0.0697. The van der Waals surface area contributed by atoms with Gasteiger partial charge in [-0.1, -0.05) is 11.6 Å². The minimum absolute atomic E-state index is 0.00788. The van der Waals surface area contributed by atoms with E-state index in [0.29, 0.717) is 12.2 Å². The van der Waals surface area contributed by atoms with Crippen LogP contribution in [0, 0.1) is 0 Å². The summed E-state index contributed by atoms with van der Waals surface area (Å²) in [5.41, 5.74) is 0.471. The lowest BCUT2D eigenvalue weighted by Crippen LogP contribution is -2.30. The summed E-state index contributed by atoms with van der Waals surface area (Å²) in [5, 5.41) is 11.5. The average molecular weight is 257 g/mol. The molecule has 0 fully saturated rings. The van der Waals surface area contributed by atoms with Crippen molar-refractivity contribution < 1.29 is 14.7 Å². The number of carbonyl (C=O) groups excluding carboxylic acids is 1. The fourth-order valence-electron chi connectivity index (χ4n) is 1.13. The maximum absolute atomic E-state index is 11.5. The van der Waals surface area contributed by atoms with Crippen molar-refractivity contribution in [2.45, 2.75) is 6.92 Å². The van der Waals surface area contributed by atoms with E-state index in [2.05, 4.69) is 5.32 Å². The van der Waals surface area contributed by atoms with Crippen molar-refractivity contribution in [3.05, 3.63) is 28.8 Å². The molecule has 6 heteroatoms. The van der Waals surface area contributed by atoms with E-state index in [-0.39, 0.29) is 16.6 Å². The Morgan fingerprint density at radius 2 is 2.12 bits per heavy atom. The van der Waals surface area contributed by atoms with Crippen molar-refractivity contribution in [1.82, 2.24) is 4.90 Å². The van der Waals surface area contributed by atoms with Crippen LogP contribution in [-0.2, 0) is 0 Å². The van der Waals surface area contributed by atoms with Gasteiger partial charge in [-0.25, -0.2) is 9.59 Å². The highest BCUT2D eigenvalue weighted by atomic mass is 35.5. The number of benzene rings is 1. The predicted octanol–water partition coefficient (Wildman–Crippen LogP) is 2.52. The number of rotatable bonds is 3. The van der Waals surface area contributed by atoms with Gasteiger partial charge in [0.1, 0.15) is 0 Å². The molecule has 0 heterocycles. The second kappa shape index (κ2) is 5.54. The number of aromatic carboxylic acids is 1. The van der Waals surface area contributed by atoms with Crippen LogP contribution < -0.4 is 5.32 Å². The number of amides is 2. The van der Waals surface area contributed by atoms with E-state index in [1.54, 1.807) is 7.05 Å². The number of halogens is 1. The fraction of sp³-hybridized carbons (Fsp3) is 0.273. The molecule has 0 aliphatic rings. The monoisotopic (exact) mass is 256 g/mol. The number of nitrogens with one attached hydrogen (secondary N) is 1. The quantitative estimate of drug-likeness (QED) is 0.873. The summed E-state index contributed by atoms with van der Waals surface area (Å²) in [7, 11) is 1.66. The van der Waals surface area contributed by atoms with Crippen molar-refractivity contribution in [1.29, 1.82) is 0 Å². The van der Waals surface area contributed by atoms with Crippen LogP contribution in [0.1, 0.15) is 17.3 Å². The number of nitrogens with zero attached hydrogens (tertiary/aromatic N) is 1. The van der Waals surface area contributed by atoms with E-state index in [1.807, 2.05) is 6.92 Å². The van der Waals surface area contributed by atoms with Crippen molar-refractivity contribution in [3.63, 3.8) is 0 Å². The second-order valence-electron chi connectivity index (χ2n) is 3.44. The van der Waals surface area contributed by atoms with Crippen LogP contribution in [0.3, 0.4) is 0 Å². The Hall–Kier alpha value is -1.75. The van der Waals surface area contributed by atoms with Gasteiger partial charge in [-0.05, 0) is 25.1 Å². The van der Waals surface area contributed by atoms with Gasteiger partial charge in [-0.15, -0.1) is 0 Å². The minimum atomic E-state index is -1.10. The zero-order chi connectivity index (χ0) is 13.0. The largest absolute Gasteiger partial charge is 0.478 e. The Morgan fingerprint density at radius 1 is 1.47 bits per heavy atom. The first-order valence-electron chi connectivity index (χ1n) is 5.00. The summed E-state index contributed by atoms with van der Waals surface area (Å²) in [4.78, 5) is 23.7. The van der Waals surface area contributed by atoms with Crippen LogP contribution in [0.2, 0.25) is 5.02 Å². The first kappa shape index (κ1) is 13.3. The van der Waals surface area contributed by atoms with Crippen molar-refractivity contribution in [2.24, 2.45) is 0 Å². The Morgan fingerprint density at radius 3 is 2.59 bits per heavy atom. The molecule has 0 saturated heterocycles. The molecule has 2 N–H and O–H groups in total. The van der Waals surface area contributed by atoms with Crippen LogP contribution in [-0.4, -0.2) is 35.6 Å². The normalized spacial score (nSPS) is 9.82. The molecule has 0 unspecified atom stereocenters. The SMILES string of the molecule is CCN(C)C(=O)Nc1ccc(C(=O)O)c(Cl)c1. The zero-order valence-corrected chi connectivity index (χ0v) is 10.3. The summed E-state index contributed by atoms with van der Waals surface area (Å²) >= 11 is 5.78. The smallest absolute Gasteiger partial charge is 0.337 e. The van der Waals surface area contributed by atoms with Gasteiger partial charge < -0.3 is 15.3 Å². The Balaban J connectivity index is 2.84. The van der Waals surface area contributed by atoms with Gasteiger partial charge in [0.15, 0.2) is 0 Å². The van der Waals surface area contributed by atoms with E-state index in [9.17, 15) is 9.59 Å². The topological polar surface area (TPSA) is 69.6 Å². The molecule has 5 nitrogen and oxygen atoms in total. The van der Waals surface area contributed by atoms with E-state index in [1.165, 1.54) is 23.1 Å². The van der Waals surface area contributed by atoms with Crippen molar-refractivity contribution >= 4 is 29.3 Å². The van der Waals surface area contributed by atoms with Crippen LogP contribution in [0.15, 0.2) is 18.2 Å². The van der Waals surface area contributed by atoms with Crippen molar-refractivity contribution in [2.75, 3.05) is 18.9 Å². The van der Waals surface area contributed by atoms with E-state index in [0.717, 1.165) is 0 Å². The molecular formula is C11H13ClN2O3. The van der Waals surface area contributed by atoms with Crippen molar-refractivity contribution in [3.8, 4) is 0 Å². The Kier molecular flexibility index (Phi) is 4.34. The summed E-state index contributed by atoms with van der Waals surface area (Å²) < 4.78 is 0. The molecule has 0 atom stereocenters. The number of carboxylic acids is 1. The number of hydrogen-bond donors (Lipinski definition) is 2. The van der Waals surface area contributed by atoms with E-state index in [4.69, 9.17) is 16.7 Å². The number of hydrogen-bond acceptors (Lipinski definition) is 2. The average Bonchev–Trinajstić information content (AvgIpc) is 2.27. The summed E-state index contributed by atoms with van der Waals surface area (Å²) in [5.74, 6) is -1.10. The number of anilines is 1. The Bertz CT molecular complexity index is 448. The van der Waals surface area contributed by atoms with Gasteiger partial charge >= 0.3 is 12.0 Å². The molecule has 17 heavy (non-hydrogen) atoms. The molecule has 1 aromatic carbocycles. The van der Waals surface area contributed by atoms with Gasteiger partial charge in [-0.2, -0.15) is 0 Å². The van der Waals surface area contributed by atoms with E-state index < -0.39 is 5.97 Å². The summed E-state index contributed by atoms with van der Waals surface area (Å²) in [6, 6.07) is 3.99. The molecule has 0 saturated carbocycles. The first-order chi connectivity index (χ1) is 7.95. The van der Waals surface area contributed by atoms with Gasteiger partial charge in [0, 0.05) is 19.3 Å². The van der Waals surface area contributed by atoms with Gasteiger partial charge in [0.2, 0.25) is 0 Å². The molecule has 0 aliphatic heterocycles. The van der Waals surface area contributed by atoms with Crippen LogP contribution >= 0.6 is 11.6 Å². The highest BCUT2D eigenvalue weighted by molar-refractivity contribution is 6.33. The molecular weight excluding hydrogens is 244 g/mol. The highest BCUT2D eigenvalue weighted by Crippen LogP contribution is 2.21. The third-order valence-corrected chi connectivity index (χ3v) is 2.58. The molecule has 0 aliphatic carbocycles. The first-order valence-corrected chi connectivity index (χ1v) is 5.38. The molecule has 0 aromatic heterocycles. The molecule has 1 rings (SSSR count). The molecule has 2 amide bonds. The third kappa shape index (κ3) is 3.35. The number of urea groups is 1. The molecule has 92 valence electrons. The van der Waals surface area contributed by atoms with Crippen LogP contribution in [0.25, 0.3) is 0 Å². The van der Waals surface area contributed by atoms with Gasteiger partial charge in [0.25, 0.3) is 0 Å². The molecule has 0 bridgehead atoms. The van der Waals surface area contributed by atoms with E-state index >= 15 is 0 Å². The zero-order valence-electron chi connectivity index (χ0n) is 9.53. The third-order valence-electron chi connectivity index (χ3n) is 2.27. The molecule has 0 spiro atoms. The maximum atomic E-state index is 11.5. The lowest BCUT2D eigenvalue weighted by Gasteiger charge is -2.15. The molecule has 1 aromatic rings. The van der Waals surface area contributed by atoms with Gasteiger partial charge in [0.05, 0.1) is 10.6 Å². The standard InChI is InChI=1S/C11H13ClN2O3/c1-3-14(2)11(17)13-7-4-5-8(10(15)16)9(12)6-7/h4-6H,3H2,1-2H3,(H,13,17)(H,15,16). The number of carbonyl (C=O) groups is 2. The second-order valence-corrected chi connectivity index (χ2v) is 3.85. The molecule has 0 radical (unpaired) electrons.